The van der Waals surface area contributed by atoms with Crippen LogP contribution in [0.5, 0.6) is 0 Å². The van der Waals surface area contributed by atoms with Crippen LogP contribution in [0.2, 0.25) is 0 Å². The molecule has 0 unspecified atom stereocenters. The lowest BCUT2D eigenvalue weighted by molar-refractivity contribution is -0.0757. The van der Waals surface area contributed by atoms with Crippen LogP contribution in [0.1, 0.15) is 94.5 Å². The van der Waals surface area contributed by atoms with Gasteiger partial charge in [-0.2, -0.15) is 0 Å². The molecule has 0 aliphatic carbocycles. The van der Waals surface area contributed by atoms with E-state index in [0.29, 0.717) is 80.9 Å². The highest BCUT2D eigenvalue weighted by atomic mass is 19.1. The van der Waals surface area contributed by atoms with E-state index in [1.54, 1.807) is 9.80 Å². The lowest BCUT2D eigenvalue weighted by atomic mass is 10.1. The molecule has 18 heteroatoms. The van der Waals surface area contributed by atoms with E-state index in [0.717, 1.165) is 18.3 Å². The van der Waals surface area contributed by atoms with Crippen LogP contribution >= 0.6 is 0 Å². The van der Waals surface area contributed by atoms with Crippen molar-refractivity contribution in [2.75, 3.05) is 89.5 Å². The Balaban J connectivity index is 0.000000277. The molecule has 0 N–H and O–H groups in total. The standard InChI is InChI=1S/C20H23FN4O3.C16H25N5O4.C4H8O.C2H6/c1-20(2,3)28-19(27)25-10-8-24(9-11-25)18-22-12-15(13-23-18)17(26)14-4-6-16(21)7-5-14;1-16(2,3)25-15(23)21-8-6-20(7-9-21)14-17-10-12(11-18-14)13(22)19(4)24-5;1-2-4-5-3-1;1-2/h4-7,12-13H,8-11H2,1-3H3;10-11H,6-9H2,1-5H3;1-4H2;1-2H3. The van der Waals surface area contributed by atoms with Crippen molar-refractivity contribution in [3.05, 3.63) is 71.6 Å². The third-order valence-electron chi connectivity index (χ3n) is 8.71. The molecular formula is C42H62FN9O8. The monoisotopic (exact) mass is 839 g/mol. The fraction of sp³-hybridized carbons (Fsp3) is 0.571. The van der Waals surface area contributed by atoms with Crippen LogP contribution in [-0.4, -0.2) is 150 Å². The van der Waals surface area contributed by atoms with Crippen LogP contribution < -0.4 is 9.80 Å². The average Bonchev–Trinajstić information content (AvgIpc) is 3.84. The van der Waals surface area contributed by atoms with Crippen LogP contribution in [0.15, 0.2) is 49.1 Å². The van der Waals surface area contributed by atoms with Gasteiger partial charge in [0.2, 0.25) is 11.9 Å². The molecule has 3 aliphatic heterocycles. The number of rotatable bonds is 6. The van der Waals surface area contributed by atoms with E-state index in [1.807, 2.05) is 65.2 Å². The van der Waals surface area contributed by atoms with Gasteiger partial charge in [-0.3, -0.25) is 14.4 Å². The molecule has 330 valence electrons. The first-order valence-electron chi connectivity index (χ1n) is 20.2. The van der Waals surface area contributed by atoms with Gasteiger partial charge in [0, 0.05) is 103 Å². The number of amides is 3. The molecule has 60 heavy (non-hydrogen) atoms. The summed E-state index contributed by atoms with van der Waals surface area (Å²) in [6.45, 7) is 21.5. The first-order valence-corrected chi connectivity index (χ1v) is 20.2. The third-order valence-corrected chi connectivity index (χ3v) is 8.71. The summed E-state index contributed by atoms with van der Waals surface area (Å²) in [5.41, 5.74) is 0.0335. The molecule has 0 saturated carbocycles. The number of ketones is 1. The highest BCUT2D eigenvalue weighted by Gasteiger charge is 2.28. The van der Waals surface area contributed by atoms with Gasteiger partial charge >= 0.3 is 12.2 Å². The maximum Gasteiger partial charge on any atom is 0.410 e. The number of halogens is 1. The number of nitrogens with zero attached hydrogens (tertiary/aromatic N) is 9. The zero-order valence-electron chi connectivity index (χ0n) is 36.8. The number of benzene rings is 1. The normalized spacial score (nSPS) is 15.2. The number of piperazine rings is 2. The van der Waals surface area contributed by atoms with E-state index in [4.69, 9.17) is 19.0 Å². The summed E-state index contributed by atoms with van der Waals surface area (Å²) in [6.07, 6.45) is 7.80. The summed E-state index contributed by atoms with van der Waals surface area (Å²) in [4.78, 5) is 77.7. The number of carbonyl (C=O) groups is 4. The van der Waals surface area contributed by atoms with Crippen molar-refractivity contribution in [3.63, 3.8) is 0 Å². The lowest BCUT2D eigenvalue weighted by Crippen LogP contribution is -2.50. The van der Waals surface area contributed by atoms with E-state index in [9.17, 15) is 23.6 Å². The Morgan fingerprint density at radius 3 is 1.35 bits per heavy atom. The van der Waals surface area contributed by atoms with Crippen LogP contribution in [-0.2, 0) is 19.0 Å². The summed E-state index contributed by atoms with van der Waals surface area (Å²) in [5, 5.41) is 1.11. The maximum atomic E-state index is 13.0. The summed E-state index contributed by atoms with van der Waals surface area (Å²) >= 11 is 0. The largest absolute Gasteiger partial charge is 0.444 e. The van der Waals surface area contributed by atoms with Crippen molar-refractivity contribution in [1.29, 1.82) is 0 Å². The van der Waals surface area contributed by atoms with Gasteiger partial charge in [0.25, 0.3) is 5.91 Å². The van der Waals surface area contributed by atoms with Gasteiger partial charge in [-0.1, -0.05) is 13.8 Å². The van der Waals surface area contributed by atoms with Gasteiger partial charge in [0.1, 0.15) is 17.0 Å². The fourth-order valence-electron chi connectivity index (χ4n) is 5.57. The fourth-order valence-corrected chi connectivity index (χ4v) is 5.57. The Hall–Kier alpha value is -5.49. The Labute approximate surface area is 353 Å². The number of hydrogen-bond acceptors (Lipinski definition) is 14. The van der Waals surface area contributed by atoms with Gasteiger partial charge in [0.05, 0.1) is 18.2 Å². The molecule has 0 bridgehead atoms. The smallest absolute Gasteiger partial charge is 0.410 e. The van der Waals surface area contributed by atoms with Crippen molar-refractivity contribution in [3.8, 4) is 0 Å². The third kappa shape index (κ3) is 15.9. The first-order chi connectivity index (χ1) is 28.4. The minimum absolute atomic E-state index is 0.263. The van der Waals surface area contributed by atoms with Gasteiger partial charge in [-0.25, -0.2) is 39.0 Å². The number of aromatic nitrogens is 4. The zero-order valence-corrected chi connectivity index (χ0v) is 36.8. The van der Waals surface area contributed by atoms with Crippen molar-refractivity contribution >= 4 is 35.8 Å². The van der Waals surface area contributed by atoms with Crippen LogP contribution in [0, 0.1) is 5.82 Å². The van der Waals surface area contributed by atoms with E-state index in [1.165, 1.54) is 76.1 Å². The molecule has 2 aromatic heterocycles. The number of hydroxylamine groups is 2. The molecule has 0 atom stereocenters. The lowest BCUT2D eigenvalue weighted by Gasteiger charge is -2.35. The minimum Gasteiger partial charge on any atom is -0.444 e. The molecule has 3 amide bonds. The highest BCUT2D eigenvalue weighted by Crippen LogP contribution is 2.18. The maximum absolute atomic E-state index is 13.0. The Morgan fingerprint density at radius 1 is 0.633 bits per heavy atom. The molecule has 0 spiro atoms. The molecular weight excluding hydrogens is 778 g/mol. The van der Waals surface area contributed by atoms with Gasteiger partial charge < -0.3 is 33.8 Å². The van der Waals surface area contributed by atoms with E-state index >= 15 is 0 Å². The first kappa shape index (κ1) is 48.9. The number of anilines is 2. The van der Waals surface area contributed by atoms with Crippen molar-refractivity contribution < 1.29 is 42.6 Å². The molecule has 1 aromatic carbocycles. The topological polar surface area (TPSA) is 173 Å². The zero-order chi connectivity index (χ0) is 44.5. The second-order valence-electron chi connectivity index (χ2n) is 15.6. The Morgan fingerprint density at radius 2 is 1.02 bits per heavy atom. The molecule has 0 radical (unpaired) electrons. The summed E-state index contributed by atoms with van der Waals surface area (Å²) < 4.78 is 28.7. The number of carbonyl (C=O) groups excluding carboxylic acids is 4. The summed E-state index contributed by atoms with van der Waals surface area (Å²) in [6, 6.07) is 5.35. The van der Waals surface area contributed by atoms with E-state index in [-0.39, 0.29) is 23.9 Å². The van der Waals surface area contributed by atoms with Gasteiger partial charge in [-0.05, 0) is 78.6 Å². The van der Waals surface area contributed by atoms with Crippen molar-refractivity contribution in [1.82, 2.24) is 34.8 Å². The van der Waals surface area contributed by atoms with Gasteiger partial charge in [-0.15, -0.1) is 0 Å². The number of hydrogen-bond donors (Lipinski definition) is 0. The summed E-state index contributed by atoms with van der Waals surface area (Å²) in [7, 11) is 2.93. The predicted molar refractivity (Wildman–Crippen MR) is 224 cm³/mol. The predicted octanol–water partition coefficient (Wildman–Crippen LogP) is 5.89. The average molecular weight is 840 g/mol. The van der Waals surface area contributed by atoms with Crippen LogP contribution in [0.25, 0.3) is 0 Å². The van der Waals surface area contributed by atoms with Crippen LogP contribution in [0.3, 0.4) is 0 Å². The van der Waals surface area contributed by atoms with E-state index in [2.05, 4.69) is 19.9 Å². The van der Waals surface area contributed by atoms with Crippen molar-refractivity contribution in [2.24, 2.45) is 0 Å². The quantitative estimate of drug-likeness (QED) is 0.212. The Kier molecular flexibility index (Phi) is 19.0. The molecule has 3 fully saturated rings. The molecule has 5 heterocycles. The van der Waals surface area contributed by atoms with Gasteiger partial charge in [0.15, 0.2) is 5.78 Å². The molecule has 3 saturated heterocycles. The van der Waals surface area contributed by atoms with Crippen molar-refractivity contribution in [2.45, 2.75) is 79.4 Å². The summed E-state index contributed by atoms with van der Waals surface area (Å²) in [5.74, 6) is 0.0544. The molecule has 3 aliphatic rings. The van der Waals surface area contributed by atoms with E-state index < -0.39 is 17.0 Å². The second-order valence-corrected chi connectivity index (χ2v) is 15.6. The number of ether oxygens (including phenoxy) is 3. The SMILES string of the molecule is C1CCOC1.CC.CC(C)(C)OC(=O)N1CCN(c2ncc(C(=O)c3ccc(F)cc3)cn2)CC1.CON(C)C(=O)c1cnc(N2CCN(C(=O)OC(C)(C)C)CC2)nc1. The Bertz CT molecular complexity index is 1780. The highest BCUT2D eigenvalue weighted by molar-refractivity contribution is 6.08. The van der Waals surface area contributed by atoms with Crippen LogP contribution in [0.4, 0.5) is 25.9 Å². The second kappa shape index (κ2) is 23.3. The molecule has 3 aromatic rings. The molecule has 17 nitrogen and oxygen atoms in total. The molecule has 6 rings (SSSR count). The minimum atomic E-state index is -0.524.